The van der Waals surface area contributed by atoms with Crippen molar-refractivity contribution in [3.05, 3.63) is 35.9 Å². The molecule has 0 aliphatic carbocycles. The van der Waals surface area contributed by atoms with Crippen molar-refractivity contribution in [2.24, 2.45) is 0 Å². The van der Waals surface area contributed by atoms with Crippen LogP contribution >= 0.6 is 23.1 Å². The van der Waals surface area contributed by atoms with Crippen molar-refractivity contribution in [3.63, 3.8) is 0 Å². The fraction of sp³-hybridized carbons (Fsp3) is 0.400. The molecule has 0 aliphatic heterocycles. The molecule has 3 aromatic rings. The first-order valence-electron chi connectivity index (χ1n) is 9.80. The number of carbonyl (C=O) groups is 1. The fourth-order valence-electron chi connectivity index (χ4n) is 2.64. The van der Waals surface area contributed by atoms with E-state index >= 15 is 0 Å². The van der Waals surface area contributed by atoms with Gasteiger partial charge >= 0.3 is 0 Å². The molecule has 1 aromatic carbocycles. The van der Waals surface area contributed by atoms with Gasteiger partial charge in [0.25, 0.3) is 0 Å². The summed E-state index contributed by atoms with van der Waals surface area (Å²) >= 11 is 3.01. The number of aliphatic hydroxyl groups is 1. The van der Waals surface area contributed by atoms with E-state index in [1.54, 1.807) is 11.8 Å². The number of aliphatic hydroxyl groups excluding tert-OH is 1. The van der Waals surface area contributed by atoms with Gasteiger partial charge in [0.1, 0.15) is 4.70 Å². The van der Waals surface area contributed by atoms with Crippen molar-refractivity contribution < 1.29 is 9.90 Å². The lowest BCUT2D eigenvalue weighted by Gasteiger charge is -2.15. The van der Waals surface area contributed by atoms with Gasteiger partial charge in [-0.1, -0.05) is 60.4 Å². The zero-order valence-electron chi connectivity index (χ0n) is 17.0. The van der Waals surface area contributed by atoms with E-state index < -0.39 is 0 Å². The lowest BCUT2D eigenvalue weighted by Crippen LogP contribution is -2.26. The van der Waals surface area contributed by atoms with Crippen LogP contribution in [0.4, 0.5) is 10.9 Å². The molecule has 0 bridgehead atoms. The first-order valence-corrected chi connectivity index (χ1v) is 11.6. The Balaban J connectivity index is 1.81. The SMILES string of the molecule is CCC(CO)Nc1nc(SCc2ccccc2)nc2nc(NCCNC(C)=O)sc12. The van der Waals surface area contributed by atoms with Crippen LogP contribution in [0, 0.1) is 0 Å². The highest BCUT2D eigenvalue weighted by Gasteiger charge is 2.16. The Kier molecular flexibility index (Phi) is 8.23. The van der Waals surface area contributed by atoms with E-state index in [1.165, 1.54) is 23.8 Å². The van der Waals surface area contributed by atoms with Gasteiger partial charge in [-0.2, -0.15) is 4.98 Å². The molecular weight excluding hydrogens is 420 g/mol. The number of nitrogens with one attached hydrogen (secondary N) is 3. The van der Waals surface area contributed by atoms with E-state index in [9.17, 15) is 9.90 Å². The van der Waals surface area contributed by atoms with Gasteiger partial charge in [-0.25, -0.2) is 9.97 Å². The summed E-state index contributed by atoms with van der Waals surface area (Å²) in [5.74, 6) is 1.38. The molecule has 4 N–H and O–H groups in total. The quantitative estimate of drug-likeness (QED) is 0.202. The van der Waals surface area contributed by atoms with Crippen LogP contribution in [0.2, 0.25) is 0 Å². The fourth-order valence-corrected chi connectivity index (χ4v) is 4.32. The van der Waals surface area contributed by atoms with E-state index in [-0.39, 0.29) is 18.6 Å². The maximum absolute atomic E-state index is 11.0. The molecule has 1 atom stereocenters. The Morgan fingerprint density at radius 3 is 2.70 bits per heavy atom. The molecule has 0 aliphatic rings. The molecule has 0 fully saturated rings. The van der Waals surface area contributed by atoms with Gasteiger partial charge in [0.2, 0.25) is 5.91 Å². The van der Waals surface area contributed by atoms with Gasteiger partial charge in [-0.3, -0.25) is 4.79 Å². The number of carbonyl (C=O) groups excluding carboxylic acids is 1. The van der Waals surface area contributed by atoms with Gasteiger partial charge in [0, 0.05) is 25.8 Å². The maximum Gasteiger partial charge on any atom is 0.216 e. The Morgan fingerprint density at radius 2 is 2.00 bits per heavy atom. The summed E-state index contributed by atoms with van der Waals surface area (Å²) < 4.78 is 0.841. The first-order chi connectivity index (χ1) is 14.6. The van der Waals surface area contributed by atoms with E-state index in [0.717, 1.165) is 22.0 Å². The highest BCUT2D eigenvalue weighted by atomic mass is 32.2. The lowest BCUT2D eigenvalue weighted by molar-refractivity contribution is -0.118. The van der Waals surface area contributed by atoms with Crippen LogP contribution in [0.15, 0.2) is 35.5 Å². The average Bonchev–Trinajstić information content (AvgIpc) is 3.17. The number of nitrogens with zero attached hydrogens (tertiary/aromatic N) is 3. The molecule has 3 rings (SSSR count). The molecular formula is C20H26N6O2S2. The summed E-state index contributed by atoms with van der Waals surface area (Å²) in [6.07, 6.45) is 0.773. The summed E-state index contributed by atoms with van der Waals surface area (Å²) in [6.45, 7) is 4.61. The minimum absolute atomic E-state index is 0.0229. The molecule has 10 heteroatoms. The van der Waals surface area contributed by atoms with Crippen LogP contribution in [0.25, 0.3) is 10.3 Å². The molecule has 1 unspecified atom stereocenters. The van der Waals surface area contributed by atoms with Gasteiger partial charge in [0.05, 0.1) is 12.6 Å². The zero-order valence-corrected chi connectivity index (χ0v) is 18.6. The van der Waals surface area contributed by atoms with Gasteiger partial charge in [0.15, 0.2) is 21.8 Å². The predicted molar refractivity (Wildman–Crippen MR) is 123 cm³/mol. The Hall–Kier alpha value is -2.43. The van der Waals surface area contributed by atoms with Crippen molar-refractivity contribution >= 4 is 50.3 Å². The average molecular weight is 447 g/mol. The normalized spacial score (nSPS) is 12.0. The number of hydrogen-bond donors (Lipinski definition) is 4. The van der Waals surface area contributed by atoms with Crippen LogP contribution in [-0.2, 0) is 10.5 Å². The van der Waals surface area contributed by atoms with Crippen LogP contribution in [0.5, 0.6) is 0 Å². The minimum Gasteiger partial charge on any atom is -0.394 e. The third-order valence-corrected chi connectivity index (χ3v) is 6.20. The molecule has 0 spiro atoms. The molecule has 160 valence electrons. The van der Waals surface area contributed by atoms with E-state index in [2.05, 4.69) is 38.1 Å². The molecule has 0 radical (unpaired) electrons. The number of hydrogen-bond acceptors (Lipinski definition) is 9. The maximum atomic E-state index is 11.0. The second kappa shape index (κ2) is 11.1. The summed E-state index contributed by atoms with van der Waals surface area (Å²) in [5.41, 5.74) is 1.81. The molecule has 30 heavy (non-hydrogen) atoms. The Bertz CT molecular complexity index is 963. The monoisotopic (exact) mass is 446 g/mol. The second-order valence-corrected chi connectivity index (χ2v) is 8.58. The molecule has 2 aromatic heterocycles. The number of anilines is 2. The van der Waals surface area contributed by atoms with Crippen molar-refractivity contribution in [2.45, 2.75) is 37.2 Å². The standard InChI is InChI=1S/C20H26N6O2S2/c1-3-15(11-27)23-17-16-18(24-19(30-16)22-10-9-21-13(2)28)26-20(25-17)29-12-14-7-5-4-6-8-14/h4-8,15,27H,3,9-12H2,1-2H3,(H,21,28)(H2,22,23,24,25,26). The van der Waals surface area contributed by atoms with Crippen molar-refractivity contribution in [2.75, 3.05) is 30.3 Å². The van der Waals surface area contributed by atoms with Crippen molar-refractivity contribution in [1.29, 1.82) is 0 Å². The first kappa shape index (κ1) is 22.3. The van der Waals surface area contributed by atoms with Crippen LogP contribution < -0.4 is 16.0 Å². The number of thioether (sulfide) groups is 1. The molecule has 0 saturated heterocycles. The topological polar surface area (TPSA) is 112 Å². The molecule has 2 heterocycles. The van der Waals surface area contributed by atoms with Gasteiger partial charge in [-0.15, -0.1) is 0 Å². The number of fused-ring (bicyclic) bond motifs is 1. The Labute approximate surface area is 183 Å². The zero-order chi connectivity index (χ0) is 21.3. The van der Waals surface area contributed by atoms with Crippen LogP contribution in [-0.4, -0.2) is 51.7 Å². The third kappa shape index (κ3) is 6.28. The summed E-state index contributed by atoms with van der Waals surface area (Å²) in [7, 11) is 0. The van der Waals surface area contributed by atoms with E-state index in [0.29, 0.717) is 29.7 Å². The smallest absolute Gasteiger partial charge is 0.216 e. The molecule has 0 saturated carbocycles. The highest BCUT2D eigenvalue weighted by molar-refractivity contribution is 7.98. The number of amides is 1. The molecule has 1 amide bonds. The number of benzene rings is 1. The minimum atomic E-state index is -0.0895. The predicted octanol–water partition coefficient (Wildman–Crippen LogP) is 3.11. The highest BCUT2D eigenvalue weighted by Crippen LogP contribution is 2.33. The lowest BCUT2D eigenvalue weighted by atomic mass is 10.2. The van der Waals surface area contributed by atoms with Gasteiger partial charge < -0.3 is 21.1 Å². The third-order valence-electron chi connectivity index (χ3n) is 4.27. The Morgan fingerprint density at radius 1 is 1.20 bits per heavy atom. The van der Waals surface area contributed by atoms with Crippen molar-refractivity contribution in [1.82, 2.24) is 20.3 Å². The van der Waals surface area contributed by atoms with Crippen LogP contribution in [0.1, 0.15) is 25.8 Å². The largest absolute Gasteiger partial charge is 0.394 e. The van der Waals surface area contributed by atoms with Crippen molar-refractivity contribution in [3.8, 4) is 0 Å². The number of aromatic nitrogens is 3. The van der Waals surface area contributed by atoms with E-state index in [4.69, 9.17) is 4.98 Å². The molecule has 8 nitrogen and oxygen atoms in total. The number of rotatable bonds is 11. The number of thiazole rings is 1. The van der Waals surface area contributed by atoms with Crippen LogP contribution in [0.3, 0.4) is 0 Å². The summed E-state index contributed by atoms with van der Waals surface area (Å²) in [5, 5.41) is 20.2. The second-order valence-electron chi connectivity index (χ2n) is 6.64. The summed E-state index contributed by atoms with van der Waals surface area (Å²) in [6, 6.07) is 10.1. The summed E-state index contributed by atoms with van der Waals surface area (Å²) in [4.78, 5) is 24.9. The van der Waals surface area contributed by atoms with E-state index in [1.807, 2.05) is 25.1 Å². The van der Waals surface area contributed by atoms with Gasteiger partial charge in [-0.05, 0) is 12.0 Å².